The van der Waals surface area contributed by atoms with Gasteiger partial charge in [-0.3, -0.25) is 14.4 Å². The molecule has 1 aliphatic heterocycles. The van der Waals surface area contributed by atoms with Crippen molar-refractivity contribution < 1.29 is 37.0 Å². The molecule has 0 aromatic heterocycles. The van der Waals surface area contributed by atoms with Crippen LogP contribution in [0.2, 0.25) is 0 Å². The molecule has 1 aromatic rings. The maximum Gasteiger partial charge on any atom is 0.318 e. The van der Waals surface area contributed by atoms with E-state index in [9.17, 15) is 22.8 Å². The molecule has 0 bridgehead atoms. The van der Waals surface area contributed by atoms with E-state index in [2.05, 4.69) is 0 Å². The number of morpholine rings is 1. The van der Waals surface area contributed by atoms with E-state index in [1.807, 2.05) is 4.90 Å². The molecule has 0 spiro atoms. The molecule has 3 atom stereocenters. The van der Waals surface area contributed by atoms with Gasteiger partial charge >= 0.3 is 5.97 Å². The zero-order valence-corrected chi connectivity index (χ0v) is 21.5. The van der Waals surface area contributed by atoms with Crippen molar-refractivity contribution in [2.75, 3.05) is 46.3 Å². The summed E-state index contributed by atoms with van der Waals surface area (Å²) in [6.07, 6.45) is 1.57. The number of allylic oxidation sites excluding steroid dienone is 1. The Balaban J connectivity index is 1.94. The number of sulfone groups is 1. The number of hydrogen-bond donors (Lipinski definition) is 0. The summed E-state index contributed by atoms with van der Waals surface area (Å²) < 4.78 is 40.7. The van der Waals surface area contributed by atoms with Crippen LogP contribution in [-0.2, 0) is 28.9 Å². The van der Waals surface area contributed by atoms with Gasteiger partial charge in [0.15, 0.2) is 21.4 Å². The van der Waals surface area contributed by atoms with Gasteiger partial charge < -0.3 is 19.1 Å². The summed E-state index contributed by atoms with van der Waals surface area (Å²) in [5.41, 5.74) is -0.315. The van der Waals surface area contributed by atoms with Gasteiger partial charge in [0, 0.05) is 42.1 Å². The number of ketones is 2. The first-order chi connectivity index (χ1) is 16.5. The number of carbonyl (C=O) groups is 3. The van der Waals surface area contributed by atoms with E-state index in [1.54, 1.807) is 20.8 Å². The lowest BCUT2D eigenvalue weighted by atomic mass is 9.71. The summed E-state index contributed by atoms with van der Waals surface area (Å²) in [5, 5.41) is 0. The molecule has 4 rings (SSSR count). The predicted molar refractivity (Wildman–Crippen MR) is 126 cm³/mol. The third-order valence-corrected chi connectivity index (χ3v) is 8.44. The van der Waals surface area contributed by atoms with Crippen LogP contribution in [0, 0.1) is 24.2 Å². The molecule has 3 unspecified atom stereocenters. The number of nitrogens with zero attached hydrogens (tertiary/aromatic N) is 1. The molecule has 0 amide bonds. The van der Waals surface area contributed by atoms with Gasteiger partial charge in [0.2, 0.25) is 0 Å². The Hall–Kier alpha value is -2.72. The summed E-state index contributed by atoms with van der Waals surface area (Å²) in [6, 6.07) is 2.73. The quantitative estimate of drug-likeness (QED) is 0.311. The molecule has 1 aromatic carbocycles. The predicted octanol–water partition coefficient (Wildman–Crippen LogP) is 1.96. The molecule has 9 nitrogen and oxygen atoms in total. The molecule has 10 heteroatoms. The molecule has 1 saturated heterocycles. The molecule has 1 saturated carbocycles. The highest BCUT2D eigenvalue weighted by Gasteiger charge is 2.66. The van der Waals surface area contributed by atoms with Crippen molar-refractivity contribution in [3.63, 3.8) is 0 Å². The first-order valence-corrected chi connectivity index (χ1v) is 13.6. The van der Waals surface area contributed by atoms with Gasteiger partial charge in [0.05, 0.1) is 32.5 Å². The Labute approximate surface area is 205 Å². The fourth-order valence-corrected chi connectivity index (χ4v) is 6.36. The van der Waals surface area contributed by atoms with E-state index in [-0.39, 0.29) is 40.1 Å². The van der Waals surface area contributed by atoms with Gasteiger partial charge in [-0.2, -0.15) is 0 Å². The van der Waals surface area contributed by atoms with E-state index in [1.165, 1.54) is 19.2 Å². The van der Waals surface area contributed by atoms with Crippen molar-refractivity contribution in [2.45, 2.75) is 32.1 Å². The average Bonchev–Trinajstić information content (AvgIpc) is 3.63. The van der Waals surface area contributed by atoms with Crippen molar-refractivity contribution in [1.29, 1.82) is 0 Å². The van der Waals surface area contributed by atoms with Crippen molar-refractivity contribution in [3.05, 3.63) is 34.5 Å². The summed E-state index contributed by atoms with van der Waals surface area (Å²) in [5.74, 6) is -1.87. The number of benzene rings is 1. The van der Waals surface area contributed by atoms with Crippen LogP contribution in [-0.4, -0.2) is 77.1 Å². The lowest BCUT2D eigenvalue weighted by Gasteiger charge is -2.43. The van der Waals surface area contributed by atoms with Crippen LogP contribution < -0.4 is 4.74 Å². The van der Waals surface area contributed by atoms with Crippen LogP contribution in [0.4, 0.5) is 0 Å². The van der Waals surface area contributed by atoms with Crippen LogP contribution in [0.5, 0.6) is 5.75 Å². The largest absolute Gasteiger partial charge is 0.495 e. The van der Waals surface area contributed by atoms with Crippen molar-refractivity contribution in [1.82, 2.24) is 4.90 Å². The number of rotatable bonds is 7. The fourth-order valence-electron chi connectivity index (χ4n) is 5.48. The van der Waals surface area contributed by atoms with Crippen molar-refractivity contribution in [2.24, 2.45) is 17.3 Å². The molecule has 0 N–H and O–H groups in total. The highest BCUT2D eigenvalue weighted by atomic mass is 32.2. The lowest BCUT2D eigenvalue weighted by molar-refractivity contribution is -0.155. The van der Waals surface area contributed by atoms with Gasteiger partial charge in [-0.15, -0.1) is 0 Å². The van der Waals surface area contributed by atoms with Gasteiger partial charge in [-0.25, -0.2) is 8.42 Å². The molecule has 2 aliphatic carbocycles. The van der Waals surface area contributed by atoms with Crippen LogP contribution in [0.15, 0.2) is 28.3 Å². The smallest absolute Gasteiger partial charge is 0.318 e. The summed E-state index contributed by atoms with van der Waals surface area (Å²) >= 11 is 0. The average molecular weight is 506 g/mol. The second-order valence-electron chi connectivity index (χ2n) is 9.43. The van der Waals surface area contributed by atoms with Gasteiger partial charge in [0.25, 0.3) is 0 Å². The molecular formula is C25H31NO8S. The third kappa shape index (κ3) is 4.06. The minimum atomic E-state index is -3.61. The molecular weight excluding hydrogens is 474 g/mol. The van der Waals surface area contributed by atoms with E-state index < -0.39 is 32.9 Å². The summed E-state index contributed by atoms with van der Waals surface area (Å²) in [6.45, 7) is 6.94. The molecule has 3 aliphatic rings. The normalized spacial score (nSPS) is 26.3. The first-order valence-electron chi connectivity index (χ1n) is 11.7. The maximum atomic E-state index is 14.1. The SMILES string of the molecule is CCOC(=O)C1(C)C(N2CCOCC2)=C(C(=O)c2ccc(S(C)(=O)=O)c(OC)c2C)C(=O)C2CC21. The topological polar surface area (TPSA) is 116 Å². The zero-order valence-electron chi connectivity index (χ0n) is 20.7. The van der Waals surface area contributed by atoms with Crippen LogP contribution >= 0.6 is 0 Å². The van der Waals surface area contributed by atoms with Gasteiger partial charge in [-0.05, 0) is 45.2 Å². The number of carbonyl (C=O) groups excluding carboxylic acids is 3. The minimum Gasteiger partial charge on any atom is -0.495 e. The number of esters is 1. The Morgan fingerprint density at radius 2 is 1.89 bits per heavy atom. The number of fused-ring (bicyclic) bond motifs is 1. The van der Waals surface area contributed by atoms with Gasteiger partial charge in [-0.1, -0.05) is 0 Å². The molecule has 190 valence electrons. The third-order valence-electron chi connectivity index (χ3n) is 7.32. The Bertz CT molecular complexity index is 1230. The lowest BCUT2D eigenvalue weighted by Crippen LogP contribution is -2.50. The zero-order chi connectivity index (χ0) is 25.7. The number of methoxy groups -OCH3 is 1. The maximum absolute atomic E-state index is 14.1. The molecule has 1 heterocycles. The van der Waals surface area contributed by atoms with E-state index in [0.717, 1.165) is 6.26 Å². The Morgan fingerprint density at radius 3 is 2.46 bits per heavy atom. The number of ether oxygens (including phenoxy) is 3. The first kappa shape index (κ1) is 25.4. The van der Waals surface area contributed by atoms with Crippen molar-refractivity contribution in [3.8, 4) is 5.75 Å². The van der Waals surface area contributed by atoms with E-state index >= 15 is 0 Å². The second kappa shape index (κ2) is 9.05. The fraction of sp³-hybridized carbons (Fsp3) is 0.560. The highest BCUT2D eigenvalue weighted by molar-refractivity contribution is 7.90. The standard InChI is InChI=1S/C25H31NO8S/c1-6-34-24(29)25(3)17-13-16(17)21(28)19(23(25)26-9-11-33-12-10-26)20(27)15-7-8-18(35(5,30)31)22(32-4)14(15)2/h7-8,16-17H,6,9-13H2,1-5H3. The second-order valence-corrected chi connectivity index (χ2v) is 11.4. The van der Waals surface area contributed by atoms with Crippen LogP contribution in [0.1, 0.15) is 36.2 Å². The molecule has 0 radical (unpaired) electrons. The number of hydrogen-bond acceptors (Lipinski definition) is 9. The van der Waals surface area contributed by atoms with E-state index in [0.29, 0.717) is 44.0 Å². The Morgan fingerprint density at radius 1 is 1.23 bits per heavy atom. The summed E-state index contributed by atoms with van der Waals surface area (Å²) in [4.78, 5) is 42.8. The molecule has 35 heavy (non-hydrogen) atoms. The monoisotopic (exact) mass is 505 g/mol. The Kier molecular flexibility index (Phi) is 6.56. The minimum absolute atomic E-state index is 0.0292. The highest BCUT2D eigenvalue weighted by Crippen LogP contribution is 2.61. The number of Topliss-reactive ketones (excluding diaryl/α,β-unsaturated/α-hetero) is 2. The van der Waals surface area contributed by atoms with Crippen molar-refractivity contribution >= 4 is 27.4 Å². The van der Waals surface area contributed by atoms with Gasteiger partial charge in [0.1, 0.15) is 16.1 Å². The summed E-state index contributed by atoms with van der Waals surface area (Å²) in [7, 11) is -2.28. The molecule has 2 fully saturated rings. The van der Waals surface area contributed by atoms with Crippen LogP contribution in [0.25, 0.3) is 0 Å². The van der Waals surface area contributed by atoms with E-state index in [4.69, 9.17) is 14.2 Å². The van der Waals surface area contributed by atoms with Crippen LogP contribution in [0.3, 0.4) is 0 Å².